The lowest BCUT2D eigenvalue weighted by Gasteiger charge is -2.04. The topological polar surface area (TPSA) is 43.4 Å². The van der Waals surface area contributed by atoms with Crippen molar-refractivity contribution in [3.8, 4) is 16.3 Å². The smallest absolute Gasteiger partial charge is 0.189 e. The molecule has 23 heavy (non-hydrogen) atoms. The van der Waals surface area contributed by atoms with E-state index in [1.165, 1.54) is 3.57 Å². The fourth-order valence-electron chi connectivity index (χ4n) is 2.16. The molecular formula is C17H17IN2O2S. The summed E-state index contributed by atoms with van der Waals surface area (Å²) in [6, 6.07) is 12.3. The van der Waals surface area contributed by atoms with Crippen molar-refractivity contribution in [2.75, 3.05) is 25.8 Å². The van der Waals surface area contributed by atoms with Crippen molar-refractivity contribution in [3.05, 3.63) is 40.0 Å². The van der Waals surface area contributed by atoms with Crippen LogP contribution in [0.4, 0.5) is 5.69 Å². The van der Waals surface area contributed by atoms with Crippen molar-refractivity contribution < 1.29 is 9.47 Å². The molecule has 3 aromatic rings. The SMILES string of the molecule is CCOCOc1ccc2nc(-c3ccc(NC)c(I)c3)sc2c1. The third-order valence-corrected chi connectivity index (χ3v) is 5.32. The summed E-state index contributed by atoms with van der Waals surface area (Å²) in [5, 5.41) is 4.20. The Kier molecular flexibility index (Phi) is 5.34. The van der Waals surface area contributed by atoms with Crippen LogP contribution in [-0.4, -0.2) is 25.4 Å². The molecule has 3 rings (SSSR count). The highest BCUT2D eigenvalue weighted by atomic mass is 127. The number of nitrogens with zero attached hydrogens (tertiary/aromatic N) is 1. The van der Waals surface area contributed by atoms with Crippen LogP contribution in [0.5, 0.6) is 5.75 Å². The molecule has 0 atom stereocenters. The largest absolute Gasteiger partial charge is 0.468 e. The zero-order valence-corrected chi connectivity index (χ0v) is 15.9. The zero-order chi connectivity index (χ0) is 16.2. The van der Waals surface area contributed by atoms with E-state index < -0.39 is 0 Å². The average molecular weight is 440 g/mol. The Morgan fingerprint density at radius 3 is 2.83 bits per heavy atom. The molecule has 0 unspecified atom stereocenters. The van der Waals surface area contributed by atoms with Gasteiger partial charge in [-0.05, 0) is 65.9 Å². The van der Waals surface area contributed by atoms with Gasteiger partial charge in [-0.1, -0.05) is 0 Å². The van der Waals surface area contributed by atoms with E-state index in [2.05, 4.69) is 46.1 Å². The van der Waals surface area contributed by atoms with E-state index in [-0.39, 0.29) is 6.79 Å². The number of hydrogen-bond donors (Lipinski definition) is 1. The van der Waals surface area contributed by atoms with Crippen molar-refractivity contribution >= 4 is 49.8 Å². The number of benzene rings is 2. The van der Waals surface area contributed by atoms with E-state index in [0.717, 1.165) is 32.2 Å². The Morgan fingerprint density at radius 1 is 1.22 bits per heavy atom. The molecule has 0 aliphatic carbocycles. The summed E-state index contributed by atoms with van der Waals surface area (Å²) < 4.78 is 13.1. The van der Waals surface area contributed by atoms with Gasteiger partial charge in [0.2, 0.25) is 0 Å². The standard InChI is InChI=1S/C17H17IN2O2S/c1-3-21-10-22-12-5-7-15-16(9-12)23-17(20-15)11-4-6-14(19-2)13(18)8-11/h4-9,19H,3,10H2,1-2H3. The molecule has 0 aliphatic heterocycles. The number of fused-ring (bicyclic) bond motifs is 1. The minimum absolute atomic E-state index is 0.275. The van der Waals surface area contributed by atoms with Gasteiger partial charge in [-0.15, -0.1) is 11.3 Å². The Hall–Kier alpha value is -1.38. The first-order chi connectivity index (χ1) is 11.2. The number of anilines is 1. The molecule has 1 aromatic heterocycles. The molecule has 0 spiro atoms. The highest BCUT2D eigenvalue weighted by Crippen LogP contribution is 2.34. The fraction of sp³-hybridized carbons (Fsp3) is 0.235. The third kappa shape index (κ3) is 3.76. The lowest BCUT2D eigenvalue weighted by Crippen LogP contribution is -2.01. The summed E-state index contributed by atoms with van der Waals surface area (Å²) in [7, 11) is 1.93. The summed E-state index contributed by atoms with van der Waals surface area (Å²) in [5.41, 5.74) is 3.25. The number of hydrogen-bond acceptors (Lipinski definition) is 5. The number of aromatic nitrogens is 1. The maximum Gasteiger partial charge on any atom is 0.189 e. The maximum atomic E-state index is 5.57. The normalized spacial score (nSPS) is 10.9. The van der Waals surface area contributed by atoms with Gasteiger partial charge in [-0.3, -0.25) is 0 Å². The summed E-state index contributed by atoms with van der Waals surface area (Å²) in [6.45, 7) is 2.87. The van der Waals surface area contributed by atoms with Gasteiger partial charge < -0.3 is 14.8 Å². The van der Waals surface area contributed by atoms with Crippen molar-refractivity contribution in [2.45, 2.75) is 6.92 Å². The lowest BCUT2D eigenvalue weighted by molar-refractivity contribution is 0.0225. The molecule has 0 saturated carbocycles. The second kappa shape index (κ2) is 7.46. The van der Waals surface area contributed by atoms with Crippen LogP contribution < -0.4 is 10.1 Å². The fourth-order valence-corrected chi connectivity index (χ4v) is 3.94. The highest BCUT2D eigenvalue weighted by molar-refractivity contribution is 14.1. The molecule has 1 N–H and O–H groups in total. The first-order valence-electron chi connectivity index (χ1n) is 7.30. The number of thiazole rings is 1. The molecule has 0 amide bonds. The third-order valence-electron chi connectivity index (χ3n) is 3.36. The number of nitrogens with one attached hydrogen (secondary N) is 1. The molecular weight excluding hydrogens is 423 g/mol. The predicted molar refractivity (Wildman–Crippen MR) is 104 cm³/mol. The van der Waals surface area contributed by atoms with E-state index in [1.807, 2.05) is 32.2 Å². The molecule has 0 fully saturated rings. The molecule has 120 valence electrons. The molecule has 6 heteroatoms. The minimum Gasteiger partial charge on any atom is -0.468 e. The second-order valence-corrected chi connectivity index (χ2v) is 7.04. The Morgan fingerprint density at radius 2 is 2.09 bits per heavy atom. The van der Waals surface area contributed by atoms with Gasteiger partial charge in [0.05, 0.1) is 10.2 Å². The van der Waals surface area contributed by atoms with Crippen molar-refractivity contribution in [1.82, 2.24) is 4.98 Å². The average Bonchev–Trinajstić information content (AvgIpc) is 2.98. The molecule has 1 heterocycles. The quantitative estimate of drug-likeness (QED) is 0.334. The van der Waals surface area contributed by atoms with Crippen molar-refractivity contribution in [2.24, 2.45) is 0 Å². The van der Waals surface area contributed by atoms with Gasteiger partial charge >= 0.3 is 0 Å². The van der Waals surface area contributed by atoms with Gasteiger partial charge in [0.25, 0.3) is 0 Å². The number of ether oxygens (including phenoxy) is 2. The summed E-state index contributed by atoms with van der Waals surface area (Å²) >= 11 is 4.01. The van der Waals surface area contributed by atoms with Crippen LogP contribution in [0.2, 0.25) is 0 Å². The van der Waals surface area contributed by atoms with Crippen molar-refractivity contribution in [1.29, 1.82) is 0 Å². The molecule has 0 aliphatic rings. The molecule has 4 nitrogen and oxygen atoms in total. The van der Waals surface area contributed by atoms with Crippen molar-refractivity contribution in [3.63, 3.8) is 0 Å². The summed E-state index contributed by atoms with van der Waals surface area (Å²) in [6.07, 6.45) is 0. The molecule has 0 radical (unpaired) electrons. The van der Waals surface area contributed by atoms with Gasteiger partial charge in [0.1, 0.15) is 10.8 Å². The summed E-state index contributed by atoms with van der Waals surface area (Å²) in [5.74, 6) is 0.807. The van der Waals surface area contributed by atoms with Crippen LogP contribution in [0.25, 0.3) is 20.8 Å². The number of rotatable bonds is 6. The van der Waals surface area contributed by atoms with E-state index in [9.17, 15) is 0 Å². The molecule has 2 aromatic carbocycles. The van der Waals surface area contributed by atoms with Gasteiger partial charge in [0.15, 0.2) is 6.79 Å². The van der Waals surface area contributed by atoms with E-state index in [4.69, 9.17) is 14.5 Å². The molecule has 0 bridgehead atoms. The Bertz CT molecular complexity index is 819. The van der Waals surface area contributed by atoms with Gasteiger partial charge in [0, 0.05) is 28.5 Å². The van der Waals surface area contributed by atoms with E-state index >= 15 is 0 Å². The van der Waals surface area contributed by atoms with E-state index in [1.54, 1.807) is 11.3 Å². The maximum absolute atomic E-state index is 5.57. The lowest BCUT2D eigenvalue weighted by atomic mass is 10.2. The highest BCUT2D eigenvalue weighted by Gasteiger charge is 2.09. The Balaban J connectivity index is 1.89. The van der Waals surface area contributed by atoms with Crippen LogP contribution in [0.15, 0.2) is 36.4 Å². The molecule has 0 saturated heterocycles. The minimum atomic E-state index is 0.275. The van der Waals surface area contributed by atoms with Gasteiger partial charge in [-0.2, -0.15) is 0 Å². The zero-order valence-electron chi connectivity index (χ0n) is 12.9. The monoisotopic (exact) mass is 440 g/mol. The van der Waals surface area contributed by atoms with Gasteiger partial charge in [-0.25, -0.2) is 4.98 Å². The predicted octanol–water partition coefficient (Wildman–Crippen LogP) is 4.98. The first kappa shape index (κ1) is 16.5. The van der Waals surface area contributed by atoms with Crippen LogP contribution in [0.1, 0.15) is 6.92 Å². The van der Waals surface area contributed by atoms with Crippen LogP contribution in [0.3, 0.4) is 0 Å². The Labute approximate surface area is 153 Å². The van der Waals surface area contributed by atoms with Crippen LogP contribution >= 0.6 is 33.9 Å². The van der Waals surface area contributed by atoms with E-state index in [0.29, 0.717) is 6.61 Å². The first-order valence-corrected chi connectivity index (χ1v) is 9.19. The van der Waals surface area contributed by atoms with Crippen LogP contribution in [0, 0.1) is 3.57 Å². The summed E-state index contributed by atoms with van der Waals surface area (Å²) in [4.78, 5) is 4.73. The number of halogens is 1. The second-order valence-electron chi connectivity index (χ2n) is 4.85. The van der Waals surface area contributed by atoms with Crippen LogP contribution in [-0.2, 0) is 4.74 Å².